The third-order valence-corrected chi connectivity index (χ3v) is 5.79. The monoisotopic (exact) mass is 626 g/mol. The van der Waals surface area contributed by atoms with Gasteiger partial charge in [0.1, 0.15) is 21.1 Å². The quantitative estimate of drug-likeness (QED) is 0.284. The van der Waals surface area contributed by atoms with Gasteiger partial charge in [-0.15, -0.1) is 0 Å². The van der Waals surface area contributed by atoms with E-state index in [1.165, 1.54) is 10.7 Å². The van der Waals surface area contributed by atoms with Gasteiger partial charge in [0.2, 0.25) is 12.9 Å². The van der Waals surface area contributed by atoms with Gasteiger partial charge >= 0.3 is 0 Å². The number of hydrogen-bond acceptors (Lipinski definition) is 7. The standard InChI is InChI=1S/C10H10BrF2N3O2.C10H10BrF2N3O/c1-16-4-6(10(11)14-16)9(17)7-2-5(15-18-7)3-8(12)13;1-16-5-6(10(11)14-16)2-8-3-7(15-17-8)4-9(12)13/h2,4,8-9,17H,3H2,1H3;3,5,9H,2,4H2,1H3. The maximum absolute atomic E-state index is 12.2. The summed E-state index contributed by atoms with van der Waals surface area (Å²) in [4.78, 5) is 0. The van der Waals surface area contributed by atoms with Gasteiger partial charge in [-0.2, -0.15) is 10.2 Å². The Balaban J connectivity index is 0.000000196. The van der Waals surface area contributed by atoms with Gasteiger partial charge in [0.15, 0.2) is 5.76 Å². The molecule has 190 valence electrons. The summed E-state index contributed by atoms with van der Waals surface area (Å²) < 4.78 is 62.8. The summed E-state index contributed by atoms with van der Waals surface area (Å²) in [5.74, 6) is 0.661. The highest BCUT2D eigenvalue weighted by Crippen LogP contribution is 2.28. The molecule has 0 aromatic carbocycles. The number of halogens is 6. The second kappa shape index (κ2) is 11.9. The van der Waals surface area contributed by atoms with Crippen molar-refractivity contribution < 1.29 is 31.7 Å². The minimum Gasteiger partial charge on any atom is -0.380 e. The molecule has 0 spiro atoms. The fourth-order valence-electron chi connectivity index (χ4n) is 3.04. The maximum atomic E-state index is 12.2. The van der Waals surface area contributed by atoms with Crippen molar-refractivity contribution in [1.82, 2.24) is 29.9 Å². The van der Waals surface area contributed by atoms with Gasteiger partial charge in [-0.3, -0.25) is 9.36 Å². The van der Waals surface area contributed by atoms with Gasteiger partial charge in [0.05, 0.1) is 24.2 Å². The first-order valence-corrected chi connectivity index (χ1v) is 11.6. The highest BCUT2D eigenvalue weighted by Gasteiger charge is 2.22. The molecule has 0 saturated carbocycles. The predicted octanol–water partition coefficient (Wildman–Crippen LogP) is 4.63. The van der Waals surface area contributed by atoms with Gasteiger partial charge in [0, 0.05) is 56.2 Å². The first-order chi connectivity index (χ1) is 16.5. The van der Waals surface area contributed by atoms with E-state index in [4.69, 9.17) is 9.05 Å². The predicted molar refractivity (Wildman–Crippen MR) is 121 cm³/mol. The van der Waals surface area contributed by atoms with Crippen molar-refractivity contribution in [2.24, 2.45) is 14.1 Å². The Kier molecular flexibility index (Phi) is 9.24. The lowest BCUT2D eigenvalue weighted by Gasteiger charge is -2.03. The number of aromatic nitrogens is 6. The van der Waals surface area contributed by atoms with Crippen LogP contribution in [0.1, 0.15) is 40.1 Å². The summed E-state index contributed by atoms with van der Waals surface area (Å²) in [6.45, 7) is 0. The Hall–Kier alpha value is -2.52. The Bertz CT molecular complexity index is 1240. The molecule has 0 aliphatic heterocycles. The Labute approximate surface area is 213 Å². The van der Waals surface area contributed by atoms with Crippen molar-refractivity contribution in [1.29, 1.82) is 0 Å². The molecule has 0 aliphatic carbocycles. The molecule has 4 heterocycles. The van der Waals surface area contributed by atoms with Crippen molar-refractivity contribution >= 4 is 31.9 Å². The smallest absolute Gasteiger partial charge is 0.244 e. The molecule has 1 unspecified atom stereocenters. The number of aliphatic hydroxyl groups is 1. The van der Waals surface area contributed by atoms with Crippen LogP contribution in [0, 0.1) is 0 Å². The number of rotatable bonds is 8. The molecule has 15 heteroatoms. The van der Waals surface area contributed by atoms with Gasteiger partial charge in [0.25, 0.3) is 0 Å². The van der Waals surface area contributed by atoms with Crippen molar-refractivity contribution in [2.75, 3.05) is 0 Å². The Morgan fingerprint density at radius 2 is 1.46 bits per heavy atom. The van der Waals surface area contributed by atoms with Gasteiger partial charge < -0.3 is 14.2 Å². The zero-order valence-corrected chi connectivity index (χ0v) is 21.5. The summed E-state index contributed by atoms with van der Waals surface area (Å²) in [5, 5.41) is 25.2. The molecule has 4 aromatic rings. The molecule has 0 radical (unpaired) electrons. The molecule has 35 heavy (non-hydrogen) atoms. The lowest BCUT2D eigenvalue weighted by Crippen LogP contribution is -1.98. The van der Waals surface area contributed by atoms with Gasteiger partial charge in [-0.05, 0) is 31.9 Å². The average Bonchev–Trinajstić information content (AvgIpc) is 3.52. The zero-order valence-electron chi connectivity index (χ0n) is 18.4. The SMILES string of the molecule is Cn1cc(C(O)c2cc(CC(F)F)no2)c(Br)n1.Cn1cc(Cc2cc(CC(F)F)no2)c(Br)n1. The molecular formula is C20H20Br2F4N6O3. The largest absolute Gasteiger partial charge is 0.380 e. The molecule has 1 atom stereocenters. The van der Waals surface area contributed by atoms with Crippen LogP contribution in [0.5, 0.6) is 0 Å². The van der Waals surface area contributed by atoms with Gasteiger partial charge in [-0.25, -0.2) is 17.6 Å². The molecule has 0 aliphatic rings. The van der Waals surface area contributed by atoms with Crippen molar-refractivity contribution in [3.8, 4) is 0 Å². The van der Waals surface area contributed by atoms with E-state index in [0.29, 0.717) is 27.0 Å². The van der Waals surface area contributed by atoms with Crippen LogP contribution < -0.4 is 0 Å². The van der Waals surface area contributed by atoms with Crippen molar-refractivity contribution in [3.63, 3.8) is 0 Å². The van der Waals surface area contributed by atoms with Crippen molar-refractivity contribution in [3.05, 3.63) is 67.8 Å². The molecule has 0 amide bonds. The number of hydrogen-bond donors (Lipinski definition) is 1. The lowest BCUT2D eigenvalue weighted by molar-refractivity contribution is 0.145. The van der Waals surface area contributed by atoms with E-state index in [2.05, 4.69) is 52.4 Å². The highest BCUT2D eigenvalue weighted by molar-refractivity contribution is 9.10. The number of aliphatic hydroxyl groups excluding tert-OH is 1. The van der Waals surface area contributed by atoms with Crippen LogP contribution in [0.25, 0.3) is 0 Å². The Morgan fingerprint density at radius 1 is 0.886 bits per heavy atom. The third-order valence-electron chi connectivity index (χ3n) is 4.50. The van der Waals surface area contributed by atoms with Crippen molar-refractivity contribution in [2.45, 2.75) is 38.2 Å². The molecular weight excluding hydrogens is 608 g/mol. The molecule has 4 aromatic heterocycles. The van der Waals surface area contributed by atoms with E-state index in [1.807, 2.05) is 6.20 Å². The minimum atomic E-state index is -2.50. The average molecular weight is 628 g/mol. The minimum absolute atomic E-state index is 0.110. The van der Waals surface area contributed by atoms with Crippen LogP contribution in [0.15, 0.2) is 42.8 Å². The normalized spacial score (nSPS) is 12.3. The van der Waals surface area contributed by atoms with E-state index in [0.717, 1.165) is 5.56 Å². The highest BCUT2D eigenvalue weighted by atomic mass is 79.9. The molecule has 4 rings (SSSR count). The summed E-state index contributed by atoms with van der Waals surface area (Å²) in [5.41, 5.74) is 1.79. The molecule has 0 fully saturated rings. The summed E-state index contributed by atoms with van der Waals surface area (Å²) >= 11 is 6.50. The first kappa shape index (κ1) is 27.1. The summed E-state index contributed by atoms with van der Waals surface area (Å²) in [7, 11) is 3.50. The topological polar surface area (TPSA) is 108 Å². The van der Waals surface area contributed by atoms with Crippen LogP contribution in [0.2, 0.25) is 0 Å². The number of aryl methyl sites for hydroxylation is 2. The molecule has 9 nitrogen and oxygen atoms in total. The van der Waals surface area contributed by atoms with E-state index < -0.39 is 25.4 Å². The number of nitrogens with zero attached hydrogens (tertiary/aromatic N) is 6. The molecule has 1 N–H and O–H groups in total. The molecule has 0 saturated heterocycles. The van der Waals surface area contributed by atoms with Crippen LogP contribution in [0.4, 0.5) is 17.6 Å². The van der Waals surface area contributed by atoms with E-state index in [1.54, 1.807) is 31.0 Å². The summed E-state index contributed by atoms with van der Waals surface area (Å²) in [6, 6.07) is 2.86. The van der Waals surface area contributed by atoms with Crippen LogP contribution in [-0.2, 0) is 33.4 Å². The maximum Gasteiger partial charge on any atom is 0.244 e. The fraction of sp³-hybridized carbons (Fsp3) is 0.400. The van der Waals surface area contributed by atoms with Gasteiger partial charge in [-0.1, -0.05) is 10.3 Å². The number of alkyl halides is 4. The summed E-state index contributed by atoms with van der Waals surface area (Å²) in [6.07, 6.45) is -2.95. The Morgan fingerprint density at radius 3 is 2.00 bits per heavy atom. The molecule has 0 bridgehead atoms. The van der Waals surface area contributed by atoms with Crippen LogP contribution in [0.3, 0.4) is 0 Å². The lowest BCUT2D eigenvalue weighted by atomic mass is 10.1. The van der Waals surface area contributed by atoms with E-state index in [-0.39, 0.29) is 23.6 Å². The van der Waals surface area contributed by atoms with Crippen LogP contribution >= 0.6 is 31.9 Å². The van der Waals surface area contributed by atoms with E-state index in [9.17, 15) is 22.7 Å². The third kappa shape index (κ3) is 7.73. The second-order valence-corrected chi connectivity index (χ2v) is 8.94. The fourth-order valence-corrected chi connectivity index (χ4v) is 4.10. The van der Waals surface area contributed by atoms with E-state index >= 15 is 0 Å². The van der Waals surface area contributed by atoms with Crippen LogP contribution in [-0.4, -0.2) is 47.8 Å². The first-order valence-electron chi connectivity index (χ1n) is 10.0. The zero-order chi connectivity index (χ0) is 25.7. The second-order valence-electron chi connectivity index (χ2n) is 7.44.